The summed E-state index contributed by atoms with van der Waals surface area (Å²) in [5, 5.41) is 0. The summed E-state index contributed by atoms with van der Waals surface area (Å²) in [6.45, 7) is 1.41. The molecule has 0 bridgehead atoms. The van der Waals surface area contributed by atoms with E-state index in [0.29, 0.717) is 24.2 Å². The van der Waals surface area contributed by atoms with Gasteiger partial charge in [0.1, 0.15) is 0 Å². The first-order chi connectivity index (χ1) is 12.5. The molecule has 6 heteroatoms. The molecule has 1 aromatic carbocycles. The maximum atomic E-state index is 11.8. The van der Waals surface area contributed by atoms with Crippen LogP contribution in [0.3, 0.4) is 0 Å². The maximum absolute atomic E-state index is 11.8. The summed E-state index contributed by atoms with van der Waals surface area (Å²) >= 11 is 0. The van der Waals surface area contributed by atoms with E-state index >= 15 is 0 Å². The highest BCUT2D eigenvalue weighted by atomic mass is 16.1. The van der Waals surface area contributed by atoms with Gasteiger partial charge in [0.25, 0.3) is 0 Å². The molecule has 8 N–H and O–H groups in total. The van der Waals surface area contributed by atoms with Gasteiger partial charge >= 0.3 is 0 Å². The molecule has 0 spiro atoms. The van der Waals surface area contributed by atoms with Gasteiger partial charge in [-0.2, -0.15) is 0 Å². The summed E-state index contributed by atoms with van der Waals surface area (Å²) in [5.41, 5.74) is 24.7. The molecule has 0 saturated carbocycles. The normalized spacial score (nSPS) is 10.8. The second kappa shape index (κ2) is 12.4. The highest BCUT2D eigenvalue weighted by molar-refractivity contribution is 6.00. The van der Waals surface area contributed by atoms with E-state index in [1.165, 1.54) is 0 Å². The zero-order valence-electron chi connectivity index (χ0n) is 15.8. The molecule has 0 aliphatic carbocycles. The van der Waals surface area contributed by atoms with Crippen LogP contribution in [-0.4, -0.2) is 24.9 Å². The van der Waals surface area contributed by atoms with Crippen LogP contribution in [0.25, 0.3) is 0 Å². The van der Waals surface area contributed by atoms with Gasteiger partial charge in [0.05, 0.1) is 0 Å². The average Bonchev–Trinajstić information content (AvgIpc) is 2.60. The largest absolute Gasteiger partial charge is 0.366 e. The third-order valence-electron chi connectivity index (χ3n) is 4.66. The van der Waals surface area contributed by atoms with E-state index in [1.807, 2.05) is 6.07 Å². The highest BCUT2D eigenvalue weighted by Crippen LogP contribution is 2.22. The highest BCUT2D eigenvalue weighted by Gasteiger charge is 2.16. The molecule has 0 aliphatic rings. The molecule has 0 fully saturated rings. The molecule has 0 aliphatic heterocycles. The van der Waals surface area contributed by atoms with Crippen LogP contribution >= 0.6 is 0 Å². The van der Waals surface area contributed by atoms with Gasteiger partial charge in [-0.15, -0.1) is 0 Å². The Balaban J connectivity index is 2.89. The van der Waals surface area contributed by atoms with E-state index in [0.717, 1.165) is 75.3 Å². The number of unbranched alkanes of at least 4 members (excludes halogenated alkanes) is 6. The zero-order valence-corrected chi connectivity index (χ0v) is 15.8. The minimum Gasteiger partial charge on any atom is -0.366 e. The lowest BCUT2D eigenvalue weighted by Crippen LogP contribution is -2.19. The van der Waals surface area contributed by atoms with Crippen molar-refractivity contribution in [3.63, 3.8) is 0 Å². The second-order valence-corrected chi connectivity index (χ2v) is 6.80. The molecule has 1 rings (SSSR count). The van der Waals surface area contributed by atoms with Crippen molar-refractivity contribution < 1.29 is 9.59 Å². The molecule has 0 aromatic heterocycles. The number of benzene rings is 1. The van der Waals surface area contributed by atoms with Crippen LogP contribution < -0.4 is 22.9 Å². The van der Waals surface area contributed by atoms with Crippen LogP contribution in [0.4, 0.5) is 0 Å². The van der Waals surface area contributed by atoms with Crippen molar-refractivity contribution in [1.29, 1.82) is 0 Å². The van der Waals surface area contributed by atoms with Gasteiger partial charge in [0.15, 0.2) is 0 Å². The van der Waals surface area contributed by atoms with Crippen molar-refractivity contribution >= 4 is 11.8 Å². The third kappa shape index (κ3) is 7.54. The molecular formula is C20H34N4O2. The van der Waals surface area contributed by atoms with Crippen molar-refractivity contribution in [3.05, 3.63) is 34.4 Å². The number of carbonyl (C=O) groups is 2. The van der Waals surface area contributed by atoms with Crippen LogP contribution in [0.15, 0.2) is 12.1 Å². The lowest BCUT2D eigenvalue weighted by atomic mass is 9.91. The fraction of sp³-hybridized carbons (Fsp3) is 0.600. The molecular weight excluding hydrogens is 328 g/mol. The van der Waals surface area contributed by atoms with Gasteiger partial charge in [-0.25, -0.2) is 0 Å². The fourth-order valence-corrected chi connectivity index (χ4v) is 3.19. The Labute approximate surface area is 156 Å². The van der Waals surface area contributed by atoms with E-state index in [9.17, 15) is 9.59 Å². The van der Waals surface area contributed by atoms with Gasteiger partial charge in [-0.1, -0.05) is 31.7 Å². The van der Waals surface area contributed by atoms with Gasteiger partial charge in [0.2, 0.25) is 11.8 Å². The molecule has 146 valence electrons. The number of aryl methyl sites for hydroxylation is 2. The van der Waals surface area contributed by atoms with E-state index in [1.54, 1.807) is 6.07 Å². The molecule has 0 saturated heterocycles. The van der Waals surface area contributed by atoms with Gasteiger partial charge in [0, 0.05) is 11.1 Å². The minimum absolute atomic E-state index is 0.407. The number of nitrogens with two attached hydrogens (primary N) is 4. The molecule has 0 atom stereocenters. The number of hydrogen-bond acceptors (Lipinski definition) is 4. The first-order valence-electron chi connectivity index (χ1n) is 9.66. The molecule has 26 heavy (non-hydrogen) atoms. The predicted octanol–water partition coefficient (Wildman–Crippen LogP) is 2.01. The van der Waals surface area contributed by atoms with Gasteiger partial charge < -0.3 is 22.9 Å². The van der Waals surface area contributed by atoms with Gasteiger partial charge in [-0.3, -0.25) is 9.59 Å². The molecule has 0 radical (unpaired) electrons. The van der Waals surface area contributed by atoms with E-state index in [4.69, 9.17) is 22.9 Å². The molecule has 0 heterocycles. The van der Waals surface area contributed by atoms with Gasteiger partial charge in [-0.05, 0) is 68.8 Å². The van der Waals surface area contributed by atoms with Crippen LogP contribution in [0.5, 0.6) is 0 Å². The third-order valence-corrected chi connectivity index (χ3v) is 4.66. The number of amides is 2. The minimum atomic E-state index is -0.515. The fourth-order valence-electron chi connectivity index (χ4n) is 3.19. The first-order valence-corrected chi connectivity index (χ1v) is 9.66. The van der Waals surface area contributed by atoms with Crippen molar-refractivity contribution in [3.8, 4) is 0 Å². The summed E-state index contributed by atoms with van der Waals surface area (Å²) in [7, 11) is 0. The van der Waals surface area contributed by atoms with Crippen molar-refractivity contribution in [1.82, 2.24) is 0 Å². The summed E-state index contributed by atoms with van der Waals surface area (Å²) in [6, 6.07) is 3.53. The Morgan fingerprint density at radius 3 is 1.35 bits per heavy atom. The monoisotopic (exact) mass is 362 g/mol. The summed E-state index contributed by atoms with van der Waals surface area (Å²) in [6.07, 6.45) is 9.76. The van der Waals surface area contributed by atoms with E-state index in [-0.39, 0.29) is 0 Å². The SMILES string of the molecule is NCCCCCCc1cc(CCCCCCN)c(C(N)=O)cc1C(N)=O. The van der Waals surface area contributed by atoms with Crippen molar-refractivity contribution in [2.75, 3.05) is 13.1 Å². The zero-order chi connectivity index (χ0) is 19.4. The van der Waals surface area contributed by atoms with Crippen LogP contribution in [0.2, 0.25) is 0 Å². The summed E-state index contributed by atoms with van der Waals surface area (Å²) in [5.74, 6) is -1.03. The quantitative estimate of drug-likeness (QED) is 0.376. The summed E-state index contributed by atoms with van der Waals surface area (Å²) in [4.78, 5) is 23.6. The Bertz CT molecular complexity index is 540. The Morgan fingerprint density at radius 1 is 0.615 bits per heavy atom. The Morgan fingerprint density at radius 2 is 1.00 bits per heavy atom. The smallest absolute Gasteiger partial charge is 0.249 e. The first kappa shape index (κ1) is 22.1. The number of carbonyl (C=O) groups excluding carboxylic acids is 2. The standard InChI is InChI=1S/C20H34N4O2/c21-11-7-3-1-5-9-15-13-16(10-6-2-4-8-12-22)18(20(24)26)14-17(15)19(23)25/h13-14H,1-12,21-22H2,(H2,23,25)(H2,24,26). The second-order valence-electron chi connectivity index (χ2n) is 6.80. The number of rotatable bonds is 14. The topological polar surface area (TPSA) is 138 Å². The van der Waals surface area contributed by atoms with E-state index in [2.05, 4.69) is 0 Å². The molecule has 0 unspecified atom stereocenters. The lowest BCUT2D eigenvalue weighted by molar-refractivity contribution is 0.0998. The Kier molecular flexibility index (Phi) is 10.6. The average molecular weight is 363 g/mol. The molecule has 6 nitrogen and oxygen atoms in total. The van der Waals surface area contributed by atoms with E-state index < -0.39 is 11.8 Å². The number of hydrogen-bond donors (Lipinski definition) is 4. The predicted molar refractivity (Wildman–Crippen MR) is 106 cm³/mol. The van der Waals surface area contributed by atoms with Crippen molar-refractivity contribution in [2.24, 2.45) is 22.9 Å². The Hall–Kier alpha value is -1.92. The molecule has 1 aromatic rings. The summed E-state index contributed by atoms with van der Waals surface area (Å²) < 4.78 is 0. The van der Waals surface area contributed by atoms with Crippen LogP contribution in [0, 0.1) is 0 Å². The maximum Gasteiger partial charge on any atom is 0.249 e. The lowest BCUT2D eigenvalue weighted by Gasteiger charge is -2.14. The molecule has 2 amide bonds. The number of primary amides is 2. The van der Waals surface area contributed by atoms with Crippen molar-refractivity contribution in [2.45, 2.75) is 64.2 Å². The van der Waals surface area contributed by atoms with Crippen LogP contribution in [-0.2, 0) is 12.8 Å². The van der Waals surface area contributed by atoms with Crippen LogP contribution in [0.1, 0.15) is 83.2 Å².